The average molecular weight is 300 g/mol. The zero-order valence-corrected chi connectivity index (χ0v) is 13.1. The lowest BCUT2D eigenvalue weighted by Crippen LogP contribution is -2.40. The van der Waals surface area contributed by atoms with Gasteiger partial charge in [-0.1, -0.05) is 6.07 Å². The number of amides is 1. The Kier molecular flexibility index (Phi) is 4.90. The van der Waals surface area contributed by atoms with E-state index in [1.165, 1.54) is 38.4 Å². The Balaban J connectivity index is 3.14. The smallest absolute Gasteiger partial charge is 0.274 e. The van der Waals surface area contributed by atoms with Crippen molar-refractivity contribution in [3.8, 4) is 0 Å². The van der Waals surface area contributed by atoms with Gasteiger partial charge in [-0.25, -0.2) is 18.2 Å². The molecule has 1 rings (SSSR count). The molecule has 0 aromatic heterocycles. The monoisotopic (exact) mass is 300 g/mol. The number of nitrogens with one attached hydrogen (secondary N) is 1. The zero-order valence-electron chi connectivity index (χ0n) is 12.3. The first kappa shape index (κ1) is 16.6. The van der Waals surface area contributed by atoms with Gasteiger partial charge in [0.05, 0.1) is 12.0 Å². The first-order valence-electron chi connectivity index (χ1n) is 6.03. The third-order valence-electron chi connectivity index (χ3n) is 2.39. The quantitative estimate of drug-likeness (QED) is 0.853. The number of nitrogens with zero attached hydrogens (tertiary/aromatic N) is 1. The van der Waals surface area contributed by atoms with Gasteiger partial charge < -0.3 is 0 Å². The highest BCUT2D eigenvalue weighted by Crippen LogP contribution is 2.15. The lowest BCUT2D eigenvalue weighted by atomic mass is 10.1. The Labute approximate surface area is 119 Å². The van der Waals surface area contributed by atoms with Crippen LogP contribution in [-0.4, -0.2) is 39.1 Å². The van der Waals surface area contributed by atoms with Crippen LogP contribution in [-0.2, 0) is 14.9 Å². The summed E-state index contributed by atoms with van der Waals surface area (Å²) in [4.78, 5) is 16.8. The van der Waals surface area contributed by atoms with E-state index in [2.05, 4.69) is 4.72 Å². The van der Waals surface area contributed by atoms with Crippen LogP contribution in [0.25, 0.3) is 0 Å². The van der Waals surface area contributed by atoms with Gasteiger partial charge in [0.15, 0.2) is 0 Å². The highest BCUT2D eigenvalue weighted by atomic mass is 32.2. The van der Waals surface area contributed by atoms with Crippen LogP contribution in [0.1, 0.15) is 31.1 Å². The molecule has 0 saturated heterocycles. The third kappa shape index (κ3) is 4.29. The molecule has 0 aliphatic carbocycles. The number of hydrogen-bond acceptors (Lipinski definition) is 4. The van der Waals surface area contributed by atoms with Gasteiger partial charge in [-0.2, -0.15) is 0 Å². The summed E-state index contributed by atoms with van der Waals surface area (Å²) < 4.78 is 26.9. The summed E-state index contributed by atoms with van der Waals surface area (Å²) in [6.45, 7) is 5.24. The fourth-order valence-corrected chi connectivity index (χ4v) is 2.99. The Bertz CT molecular complexity index is 591. The second-order valence-corrected chi connectivity index (χ2v) is 7.05. The summed E-state index contributed by atoms with van der Waals surface area (Å²) in [7, 11) is -0.852. The van der Waals surface area contributed by atoms with Crippen LogP contribution in [0.3, 0.4) is 0 Å². The Morgan fingerprint density at radius 2 is 1.90 bits per heavy atom. The fraction of sp³-hybridized carbons (Fsp3) is 0.462. The Morgan fingerprint density at radius 1 is 1.30 bits per heavy atom. The molecule has 0 fully saturated rings. The van der Waals surface area contributed by atoms with E-state index in [-0.39, 0.29) is 10.5 Å². The molecule has 1 aromatic carbocycles. The van der Waals surface area contributed by atoms with Crippen molar-refractivity contribution in [3.05, 3.63) is 29.8 Å². The minimum atomic E-state index is -3.67. The topological polar surface area (TPSA) is 75.7 Å². The molecule has 1 N–H and O–H groups in total. The predicted octanol–water partition coefficient (Wildman–Crippen LogP) is 1.40. The minimum Gasteiger partial charge on any atom is -0.274 e. The summed E-state index contributed by atoms with van der Waals surface area (Å²) in [5, 5.41) is 1.03. The molecule has 20 heavy (non-hydrogen) atoms. The molecule has 0 radical (unpaired) electrons. The molecule has 0 aliphatic rings. The zero-order chi connectivity index (χ0) is 15.6. The maximum atomic E-state index is 12.2. The molecule has 112 valence electrons. The predicted molar refractivity (Wildman–Crippen MR) is 75.6 cm³/mol. The molecular formula is C13H20N2O4S. The largest absolute Gasteiger partial charge is 0.277 e. The molecule has 0 bridgehead atoms. The molecule has 6 nitrogen and oxygen atoms in total. The minimum absolute atomic E-state index is 0.0442. The van der Waals surface area contributed by atoms with Gasteiger partial charge >= 0.3 is 0 Å². The van der Waals surface area contributed by atoms with E-state index in [9.17, 15) is 13.2 Å². The molecule has 0 atom stereocenters. The number of carbonyl (C=O) groups excluding carboxylic acids is 1. The van der Waals surface area contributed by atoms with E-state index in [1.54, 1.807) is 20.8 Å². The van der Waals surface area contributed by atoms with Gasteiger partial charge in [-0.05, 0) is 39.0 Å². The van der Waals surface area contributed by atoms with Gasteiger partial charge in [-0.3, -0.25) is 9.63 Å². The van der Waals surface area contributed by atoms with Gasteiger partial charge in [0.2, 0.25) is 10.0 Å². The standard InChI is InChI=1S/C13H20N2O4S/c1-13(2,3)14-20(17,18)11-8-6-7-10(9-11)12(16)15(4)19-5/h6-9,14H,1-5H3. The number of sulfonamides is 1. The van der Waals surface area contributed by atoms with E-state index in [0.717, 1.165) is 5.06 Å². The molecule has 1 aromatic rings. The molecule has 0 unspecified atom stereocenters. The van der Waals surface area contributed by atoms with Crippen molar-refractivity contribution in [3.63, 3.8) is 0 Å². The van der Waals surface area contributed by atoms with Crippen LogP contribution in [0, 0.1) is 0 Å². The van der Waals surface area contributed by atoms with Gasteiger partial charge in [0, 0.05) is 18.2 Å². The average Bonchev–Trinajstić information content (AvgIpc) is 2.34. The van der Waals surface area contributed by atoms with E-state index < -0.39 is 21.5 Å². The summed E-state index contributed by atoms with van der Waals surface area (Å²) in [6.07, 6.45) is 0. The number of hydroxylamine groups is 2. The summed E-state index contributed by atoms with van der Waals surface area (Å²) in [5.41, 5.74) is -0.353. The van der Waals surface area contributed by atoms with Crippen LogP contribution < -0.4 is 4.72 Å². The number of hydrogen-bond donors (Lipinski definition) is 1. The lowest BCUT2D eigenvalue weighted by Gasteiger charge is -2.20. The third-order valence-corrected chi connectivity index (χ3v) is 4.15. The van der Waals surface area contributed by atoms with E-state index in [4.69, 9.17) is 4.84 Å². The van der Waals surface area contributed by atoms with Crippen LogP contribution in [0.15, 0.2) is 29.2 Å². The van der Waals surface area contributed by atoms with Crippen LogP contribution in [0.4, 0.5) is 0 Å². The van der Waals surface area contributed by atoms with Gasteiger partial charge in [0.25, 0.3) is 5.91 Å². The molecule has 0 saturated carbocycles. The first-order chi connectivity index (χ1) is 9.07. The first-order valence-corrected chi connectivity index (χ1v) is 7.51. The highest BCUT2D eigenvalue weighted by molar-refractivity contribution is 7.89. The lowest BCUT2D eigenvalue weighted by molar-refractivity contribution is -0.0757. The molecule has 0 spiro atoms. The maximum absolute atomic E-state index is 12.2. The Hall–Kier alpha value is -1.44. The van der Waals surface area contributed by atoms with Gasteiger partial charge in [-0.15, -0.1) is 0 Å². The fourth-order valence-electron chi connectivity index (χ4n) is 1.52. The molecule has 0 aliphatic heterocycles. The molecular weight excluding hydrogens is 280 g/mol. The summed E-state index contributed by atoms with van der Waals surface area (Å²) in [6, 6.07) is 5.82. The van der Waals surface area contributed by atoms with Crippen molar-refractivity contribution in [2.75, 3.05) is 14.2 Å². The van der Waals surface area contributed by atoms with Crippen molar-refractivity contribution >= 4 is 15.9 Å². The van der Waals surface area contributed by atoms with E-state index in [0.29, 0.717) is 0 Å². The van der Waals surface area contributed by atoms with Crippen molar-refractivity contribution in [2.24, 2.45) is 0 Å². The second-order valence-electron chi connectivity index (χ2n) is 5.37. The maximum Gasteiger partial charge on any atom is 0.277 e. The van der Waals surface area contributed by atoms with Crippen LogP contribution in [0.5, 0.6) is 0 Å². The summed E-state index contributed by atoms with van der Waals surface area (Å²) in [5.74, 6) is -0.416. The Morgan fingerprint density at radius 3 is 2.40 bits per heavy atom. The van der Waals surface area contributed by atoms with Crippen molar-refractivity contribution in [2.45, 2.75) is 31.2 Å². The molecule has 0 heterocycles. The summed E-state index contributed by atoms with van der Waals surface area (Å²) >= 11 is 0. The molecule has 7 heteroatoms. The second kappa shape index (κ2) is 5.90. The van der Waals surface area contributed by atoms with Crippen molar-refractivity contribution in [1.29, 1.82) is 0 Å². The molecule has 1 amide bonds. The van der Waals surface area contributed by atoms with Gasteiger partial charge in [0.1, 0.15) is 0 Å². The van der Waals surface area contributed by atoms with Crippen molar-refractivity contribution < 1.29 is 18.0 Å². The SMILES string of the molecule is CON(C)C(=O)c1cccc(S(=O)(=O)NC(C)(C)C)c1. The number of carbonyl (C=O) groups is 1. The number of benzene rings is 1. The highest BCUT2D eigenvalue weighted by Gasteiger charge is 2.23. The van der Waals surface area contributed by atoms with Crippen LogP contribution >= 0.6 is 0 Å². The normalized spacial score (nSPS) is 12.2. The van der Waals surface area contributed by atoms with E-state index >= 15 is 0 Å². The van der Waals surface area contributed by atoms with Crippen LogP contribution in [0.2, 0.25) is 0 Å². The number of rotatable bonds is 4. The van der Waals surface area contributed by atoms with Crippen molar-refractivity contribution in [1.82, 2.24) is 9.79 Å². The van der Waals surface area contributed by atoms with E-state index in [1.807, 2.05) is 0 Å².